The summed E-state index contributed by atoms with van der Waals surface area (Å²) in [4.78, 5) is 28.5. The Morgan fingerprint density at radius 1 is 1.45 bits per heavy atom. The average Bonchev–Trinajstić information content (AvgIpc) is 2.99. The number of nitro groups is 1. The Balaban J connectivity index is 2.23. The van der Waals surface area contributed by atoms with Crippen LogP contribution in [0.1, 0.15) is 21.7 Å². The van der Waals surface area contributed by atoms with Crippen molar-refractivity contribution in [1.82, 2.24) is 9.97 Å². The van der Waals surface area contributed by atoms with Crippen LogP contribution >= 0.6 is 0 Å². The molecule has 1 aliphatic heterocycles. The minimum Gasteiger partial charge on any atom is -0.422 e. The van der Waals surface area contributed by atoms with Crippen LogP contribution in [0.15, 0.2) is 24.5 Å². The number of rotatable bonds is 2. The average molecular weight is 275 g/mol. The smallest absolute Gasteiger partial charge is 0.344 e. The number of carbonyl (C=O) groups is 1. The molecule has 1 aromatic heterocycles. The number of aromatic nitrogens is 2. The van der Waals surface area contributed by atoms with Gasteiger partial charge in [-0.2, -0.15) is 0 Å². The number of nitrogens with zero attached hydrogens (tertiary/aromatic N) is 2. The van der Waals surface area contributed by atoms with Gasteiger partial charge in [-0.05, 0) is 6.07 Å². The number of nitrogens with one attached hydrogen (secondary N) is 1. The summed E-state index contributed by atoms with van der Waals surface area (Å²) in [6.07, 6.45) is 4.36. The maximum absolute atomic E-state index is 13.3. The first-order valence-electron chi connectivity index (χ1n) is 5.48. The van der Waals surface area contributed by atoms with Gasteiger partial charge in [-0.1, -0.05) is 0 Å². The number of esters is 1. The molecule has 8 heteroatoms. The Bertz CT molecular complexity index is 752. The Hall–Kier alpha value is -3.03. The lowest BCUT2D eigenvalue weighted by molar-refractivity contribution is -0.385. The van der Waals surface area contributed by atoms with Crippen molar-refractivity contribution < 1.29 is 18.8 Å². The molecule has 0 amide bonds. The number of H-pyrrole nitrogens is 1. The van der Waals surface area contributed by atoms with E-state index in [1.807, 2.05) is 0 Å². The number of imidazole rings is 1. The summed E-state index contributed by atoms with van der Waals surface area (Å²) in [5, 5.41) is 11.0. The number of hydrogen-bond acceptors (Lipinski definition) is 5. The fourth-order valence-electron chi connectivity index (χ4n) is 1.94. The van der Waals surface area contributed by atoms with Gasteiger partial charge in [-0.3, -0.25) is 10.1 Å². The SMILES string of the molecule is O=C1OC(=Cc2ncc[nH]2)c2c1cc(F)cc2[N+](=O)[O-]. The van der Waals surface area contributed by atoms with E-state index in [4.69, 9.17) is 4.74 Å². The van der Waals surface area contributed by atoms with Crippen LogP contribution in [0.2, 0.25) is 0 Å². The third kappa shape index (κ3) is 1.83. The van der Waals surface area contributed by atoms with E-state index in [1.54, 1.807) is 6.20 Å². The monoisotopic (exact) mass is 275 g/mol. The molecule has 1 aliphatic rings. The highest BCUT2D eigenvalue weighted by Crippen LogP contribution is 2.38. The quantitative estimate of drug-likeness (QED) is 0.514. The van der Waals surface area contributed by atoms with E-state index < -0.39 is 22.4 Å². The van der Waals surface area contributed by atoms with Gasteiger partial charge in [0.2, 0.25) is 0 Å². The molecule has 7 nitrogen and oxygen atoms in total. The number of aromatic amines is 1. The lowest BCUT2D eigenvalue weighted by Gasteiger charge is -1.99. The van der Waals surface area contributed by atoms with Crippen LogP contribution in [0.4, 0.5) is 10.1 Å². The van der Waals surface area contributed by atoms with Gasteiger partial charge in [0.25, 0.3) is 5.69 Å². The molecule has 0 saturated carbocycles. The van der Waals surface area contributed by atoms with Crippen molar-refractivity contribution in [2.75, 3.05) is 0 Å². The first-order valence-corrected chi connectivity index (χ1v) is 5.48. The number of carbonyl (C=O) groups excluding carboxylic acids is 1. The number of benzene rings is 1. The Morgan fingerprint density at radius 2 is 2.25 bits per heavy atom. The predicted octanol–water partition coefficient (Wildman–Crippen LogP) is 2.13. The van der Waals surface area contributed by atoms with Crippen molar-refractivity contribution in [3.05, 3.63) is 57.4 Å². The first-order chi connectivity index (χ1) is 9.56. The van der Waals surface area contributed by atoms with E-state index in [9.17, 15) is 19.3 Å². The fourth-order valence-corrected chi connectivity index (χ4v) is 1.94. The third-order valence-corrected chi connectivity index (χ3v) is 2.74. The minimum absolute atomic E-state index is 0.0355. The molecule has 1 N–H and O–H groups in total. The molecule has 0 aliphatic carbocycles. The molecule has 0 fully saturated rings. The molecular formula is C12H6FN3O4. The maximum atomic E-state index is 13.3. The summed E-state index contributed by atoms with van der Waals surface area (Å²) in [6.45, 7) is 0. The molecular weight excluding hydrogens is 269 g/mol. The third-order valence-electron chi connectivity index (χ3n) is 2.74. The molecule has 0 radical (unpaired) electrons. The second-order valence-electron chi connectivity index (χ2n) is 3.98. The molecule has 0 saturated heterocycles. The number of cyclic esters (lactones) is 1. The highest BCUT2D eigenvalue weighted by atomic mass is 19.1. The van der Waals surface area contributed by atoms with Crippen LogP contribution in [-0.2, 0) is 4.74 Å². The van der Waals surface area contributed by atoms with Crippen molar-refractivity contribution in [2.24, 2.45) is 0 Å². The van der Waals surface area contributed by atoms with Crippen LogP contribution < -0.4 is 0 Å². The number of halogens is 1. The van der Waals surface area contributed by atoms with E-state index in [-0.39, 0.29) is 16.9 Å². The highest BCUT2D eigenvalue weighted by molar-refractivity contribution is 6.07. The Kier molecular flexibility index (Phi) is 2.56. The zero-order valence-electron chi connectivity index (χ0n) is 9.79. The summed E-state index contributed by atoms with van der Waals surface area (Å²) in [5.41, 5.74) is -0.740. The molecule has 2 heterocycles. The fraction of sp³-hybridized carbons (Fsp3) is 0. The summed E-state index contributed by atoms with van der Waals surface area (Å²) in [7, 11) is 0. The Labute approximate surface area is 110 Å². The number of ether oxygens (including phenoxy) is 1. The largest absolute Gasteiger partial charge is 0.422 e. The molecule has 20 heavy (non-hydrogen) atoms. The number of nitro benzene ring substituents is 1. The van der Waals surface area contributed by atoms with Crippen LogP contribution in [0.5, 0.6) is 0 Å². The van der Waals surface area contributed by atoms with Crippen LogP contribution in [0.3, 0.4) is 0 Å². The van der Waals surface area contributed by atoms with Gasteiger partial charge < -0.3 is 9.72 Å². The van der Waals surface area contributed by atoms with Crippen LogP contribution in [-0.4, -0.2) is 20.9 Å². The molecule has 0 spiro atoms. The zero-order chi connectivity index (χ0) is 14.3. The minimum atomic E-state index is -0.869. The van der Waals surface area contributed by atoms with Crippen molar-refractivity contribution in [1.29, 1.82) is 0 Å². The van der Waals surface area contributed by atoms with Gasteiger partial charge in [0.15, 0.2) is 0 Å². The zero-order valence-corrected chi connectivity index (χ0v) is 9.79. The molecule has 0 atom stereocenters. The molecule has 0 bridgehead atoms. The molecule has 1 aromatic carbocycles. The summed E-state index contributed by atoms with van der Waals surface area (Å²) < 4.78 is 18.3. The van der Waals surface area contributed by atoms with Gasteiger partial charge in [-0.25, -0.2) is 14.2 Å². The van der Waals surface area contributed by atoms with Gasteiger partial charge in [0, 0.05) is 18.5 Å². The first kappa shape index (κ1) is 12.0. The molecule has 2 aromatic rings. The van der Waals surface area contributed by atoms with Gasteiger partial charge in [0.05, 0.1) is 16.6 Å². The van der Waals surface area contributed by atoms with Crippen molar-refractivity contribution in [3.63, 3.8) is 0 Å². The van der Waals surface area contributed by atoms with Gasteiger partial charge in [-0.15, -0.1) is 0 Å². The lowest BCUT2D eigenvalue weighted by atomic mass is 10.1. The summed E-state index contributed by atoms with van der Waals surface area (Å²) in [5.74, 6) is -1.38. The number of hydrogen-bond donors (Lipinski definition) is 1. The van der Waals surface area contributed by atoms with E-state index in [2.05, 4.69) is 9.97 Å². The lowest BCUT2D eigenvalue weighted by Crippen LogP contribution is -1.98. The summed E-state index contributed by atoms with van der Waals surface area (Å²) >= 11 is 0. The molecule has 3 rings (SSSR count). The number of fused-ring (bicyclic) bond motifs is 1. The van der Waals surface area contributed by atoms with Crippen LogP contribution in [0, 0.1) is 15.9 Å². The van der Waals surface area contributed by atoms with Crippen molar-refractivity contribution in [3.8, 4) is 0 Å². The molecule has 100 valence electrons. The van der Waals surface area contributed by atoms with E-state index in [1.165, 1.54) is 12.3 Å². The molecule has 0 unspecified atom stereocenters. The predicted molar refractivity (Wildman–Crippen MR) is 64.9 cm³/mol. The Morgan fingerprint density at radius 3 is 2.90 bits per heavy atom. The van der Waals surface area contributed by atoms with E-state index >= 15 is 0 Å². The topological polar surface area (TPSA) is 98.1 Å². The van der Waals surface area contributed by atoms with E-state index in [0.29, 0.717) is 5.82 Å². The van der Waals surface area contributed by atoms with Gasteiger partial charge in [0.1, 0.15) is 23.0 Å². The second-order valence-corrected chi connectivity index (χ2v) is 3.98. The highest BCUT2D eigenvalue weighted by Gasteiger charge is 2.35. The maximum Gasteiger partial charge on any atom is 0.344 e. The van der Waals surface area contributed by atoms with Crippen molar-refractivity contribution in [2.45, 2.75) is 0 Å². The van der Waals surface area contributed by atoms with E-state index in [0.717, 1.165) is 12.1 Å². The summed E-state index contributed by atoms with van der Waals surface area (Å²) in [6, 6.07) is 1.66. The normalized spacial score (nSPS) is 15.2. The van der Waals surface area contributed by atoms with Gasteiger partial charge >= 0.3 is 5.97 Å². The second kappa shape index (κ2) is 4.26. The van der Waals surface area contributed by atoms with Crippen molar-refractivity contribution >= 4 is 23.5 Å². The van der Waals surface area contributed by atoms with Crippen LogP contribution in [0.25, 0.3) is 11.8 Å². The standard InChI is InChI=1S/C12H6FN3O4/c13-6-3-7-11(8(4-6)16(18)19)9(20-12(7)17)5-10-14-1-2-15-10/h1-5H,(H,14,15).